The minimum absolute atomic E-state index is 0.304. The lowest BCUT2D eigenvalue weighted by molar-refractivity contribution is 0.629. The van der Waals surface area contributed by atoms with E-state index in [4.69, 9.17) is 5.73 Å². The summed E-state index contributed by atoms with van der Waals surface area (Å²) in [5.41, 5.74) is 8.23. The van der Waals surface area contributed by atoms with E-state index in [9.17, 15) is 4.39 Å². The summed E-state index contributed by atoms with van der Waals surface area (Å²) in [6.07, 6.45) is 1.64. The number of hydrogen-bond acceptors (Lipinski definition) is 3. The second-order valence-electron chi connectivity index (χ2n) is 3.69. The van der Waals surface area contributed by atoms with Crippen molar-refractivity contribution in [2.75, 3.05) is 5.73 Å². The number of nitrogens with zero attached hydrogens (tertiary/aromatic N) is 2. The SMILES string of the molecule is Nc1cccnc1-c1nc2ccc(F)cc2[nH]1. The molecular weight excluding hydrogens is 219 g/mol. The molecule has 0 saturated heterocycles. The van der Waals surface area contributed by atoms with Crippen LogP contribution < -0.4 is 5.73 Å². The highest BCUT2D eigenvalue weighted by Gasteiger charge is 2.09. The molecule has 0 radical (unpaired) electrons. The van der Waals surface area contributed by atoms with Gasteiger partial charge in [0.2, 0.25) is 0 Å². The smallest absolute Gasteiger partial charge is 0.159 e. The van der Waals surface area contributed by atoms with Crippen LogP contribution in [0.25, 0.3) is 22.6 Å². The van der Waals surface area contributed by atoms with Crippen LogP contribution in [-0.2, 0) is 0 Å². The maximum absolute atomic E-state index is 13.0. The lowest BCUT2D eigenvalue weighted by atomic mass is 10.3. The van der Waals surface area contributed by atoms with Crippen LogP contribution in [0.4, 0.5) is 10.1 Å². The second kappa shape index (κ2) is 3.55. The van der Waals surface area contributed by atoms with Crippen LogP contribution in [0.2, 0.25) is 0 Å². The number of nitrogen functional groups attached to an aromatic ring is 1. The Bertz CT molecular complexity index is 690. The van der Waals surface area contributed by atoms with Gasteiger partial charge in [-0.15, -0.1) is 0 Å². The van der Waals surface area contributed by atoms with Gasteiger partial charge in [0, 0.05) is 6.20 Å². The van der Waals surface area contributed by atoms with Gasteiger partial charge in [-0.1, -0.05) is 0 Å². The van der Waals surface area contributed by atoms with Gasteiger partial charge in [0.25, 0.3) is 0 Å². The van der Waals surface area contributed by atoms with E-state index in [2.05, 4.69) is 15.0 Å². The first kappa shape index (κ1) is 9.77. The quantitative estimate of drug-likeness (QED) is 0.671. The minimum Gasteiger partial charge on any atom is -0.397 e. The van der Waals surface area contributed by atoms with Gasteiger partial charge in [-0.3, -0.25) is 4.98 Å². The summed E-state index contributed by atoms with van der Waals surface area (Å²) < 4.78 is 13.0. The number of aromatic amines is 1. The number of benzene rings is 1. The molecule has 5 heteroatoms. The van der Waals surface area contributed by atoms with Crippen LogP contribution in [0.3, 0.4) is 0 Å². The van der Waals surface area contributed by atoms with Gasteiger partial charge < -0.3 is 10.7 Å². The third kappa shape index (κ3) is 1.61. The van der Waals surface area contributed by atoms with Gasteiger partial charge in [-0.25, -0.2) is 9.37 Å². The van der Waals surface area contributed by atoms with E-state index in [1.165, 1.54) is 12.1 Å². The molecular formula is C12H9FN4. The Morgan fingerprint density at radius 2 is 2.12 bits per heavy atom. The fourth-order valence-corrected chi connectivity index (χ4v) is 1.71. The van der Waals surface area contributed by atoms with Crippen molar-refractivity contribution >= 4 is 16.7 Å². The summed E-state index contributed by atoms with van der Waals surface area (Å²) in [4.78, 5) is 11.5. The Morgan fingerprint density at radius 1 is 1.24 bits per heavy atom. The van der Waals surface area contributed by atoms with E-state index in [1.807, 2.05) is 0 Å². The molecule has 0 bridgehead atoms. The van der Waals surface area contributed by atoms with Gasteiger partial charge >= 0.3 is 0 Å². The van der Waals surface area contributed by atoms with E-state index in [-0.39, 0.29) is 5.82 Å². The zero-order valence-electron chi connectivity index (χ0n) is 8.81. The topological polar surface area (TPSA) is 67.6 Å². The van der Waals surface area contributed by atoms with Gasteiger partial charge in [-0.05, 0) is 30.3 Å². The highest BCUT2D eigenvalue weighted by molar-refractivity contribution is 5.80. The molecule has 0 unspecified atom stereocenters. The van der Waals surface area contributed by atoms with Crippen LogP contribution in [0.5, 0.6) is 0 Å². The summed E-state index contributed by atoms with van der Waals surface area (Å²) in [5, 5.41) is 0. The Labute approximate surface area is 96.3 Å². The average Bonchev–Trinajstić information content (AvgIpc) is 2.72. The zero-order chi connectivity index (χ0) is 11.8. The molecule has 2 aromatic heterocycles. The fraction of sp³-hybridized carbons (Fsp3) is 0. The third-order valence-electron chi connectivity index (χ3n) is 2.51. The molecule has 0 spiro atoms. The maximum Gasteiger partial charge on any atom is 0.159 e. The number of nitrogens with two attached hydrogens (primary N) is 1. The van der Waals surface area contributed by atoms with Gasteiger partial charge in [0.1, 0.15) is 11.5 Å². The lowest BCUT2D eigenvalue weighted by Gasteiger charge is -1.98. The van der Waals surface area contributed by atoms with Crippen molar-refractivity contribution in [2.24, 2.45) is 0 Å². The van der Waals surface area contributed by atoms with E-state index < -0.39 is 0 Å². The number of hydrogen-bond donors (Lipinski definition) is 2. The molecule has 0 aliphatic rings. The molecule has 3 N–H and O–H groups in total. The molecule has 0 amide bonds. The molecule has 1 aromatic carbocycles. The van der Waals surface area contributed by atoms with Gasteiger partial charge in [0.05, 0.1) is 16.7 Å². The first-order valence-electron chi connectivity index (χ1n) is 5.10. The fourth-order valence-electron chi connectivity index (χ4n) is 1.71. The van der Waals surface area contributed by atoms with E-state index >= 15 is 0 Å². The number of aromatic nitrogens is 3. The van der Waals surface area contributed by atoms with Crippen LogP contribution in [0.1, 0.15) is 0 Å². The van der Waals surface area contributed by atoms with Crippen molar-refractivity contribution < 1.29 is 4.39 Å². The van der Waals surface area contributed by atoms with E-state index in [0.29, 0.717) is 28.2 Å². The molecule has 17 heavy (non-hydrogen) atoms. The van der Waals surface area contributed by atoms with Crippen molar-refractivity contribution in [1.82, 2.24) is 15.0 Å². The predicted octanol–water partition coefficient (Wildman–Crippen LogP) is 2.35. The monoisotopic (exact) mass is 228 g/mol. The molecule has 3 aromatic rings. The number of rotatable bonds is 1. The molecule has 84 valence electrons. The summed E-state index contributed by atoms with van der Waals surface area (Å²) in [5.74, 6) is 0.241. The Morgan fingerprint density at radius 3 is 2.94 bits per heavy atom. The molecule has 0 saturated carbocycles. The molecule has 3 rings (SSSR count). The van der Waals surface area contributed by atoms with E-state index in [0.717, 1.165) is 0 Å². The van der Waals surface area contributed by atoms with Crippen LogP contribution >= 0.6 is 0 Å². The van der Waals surface area contributed by atoms with Crippen LogP contribution in [-0.4, -0.2) is 15.0 Å². The minimum atomic E-state index is -0.304. The van der Waals surface area contributed by atoms with Crippen LogP contribution in [0.15, 0.2) is 36.5 Å². The number of anilines is 1. The first-order valence-corrected chi connectivity index (χ1v) is 5.10. The molecule has 0 atom stereocenters. The number of H-pyrrole nitrogens is 1. The number of nitrogens with one attached hydrogen (secondary N) is 1. The van der Waals surface area contributed by atoms with Gasteiger partial charge in [-0.2, -0.15) is 0 Å². The Hall–Kier alpha value is -2.43. The number of imidazole rings is 1. The number of pyridine rings is 1. The van der Waals surface area contributed by atoms with Crippen molar-refractivity contribution in [3.8, 4) is 11.5 Å². The standard InChI is InChI=1S/C12H9FN4/c13-7-3-4-9-10(6-7)17-12(16-9)11-8(14)2-1-5-15-11/h1-6H,14H2,(H,16,17). The molecule has 0 aliphatic heterocycles. The Balaban J connectivity index is 2.22. The highest BCUT2D eigenvalue weighted by atomic mass is 19.1. The summed E-state index contributed by atoms with van der Waals surface area (Å²) in [6, 6.07) is 7.88. The van der Waals surface area contributed by atoms with E-state index in [1.54, 1.807) is 24.4 Å². The predicted molar refractivity (Wildman–Crippen MR) is 63.7 cm³/mol. The van der Waals surface area contributed by atoms with Crippen LogP contribution in [0, 0.1) is 5.82 Å². The average molecular weight is 228 g/mol. The highest BCUT2D eigenvalue weighted by Crippen LogP contribution is 2.23. The molecule has 0 fully saturated rings. The molecule has 0 aliphatic carbocycles. The number of fused-ring (bicyclic) bond motifs is 1. The van der Waals surface area contributed by atoms with Crippen molar-refractivity contribution in [2.45, 2.75) is 0 Å². The third-order valence-corrected chi connectivity index (χ3v) is 2.51. The summed E-state index contributed by atoms with van der Waals surface area (Å²) in [7, 11) is 0. The maximum atomic E-state index is 13.0. The van der Waals surface area contributed by atoms with Crippen molar-refractivity contribution in [3.05, 3.63) is 42.3 Å². The van der Waals surface area contributed by atoms with Crippen molar-refractivity contribution in [3.63, 3.8) is 0 Å². The Kier molecular flexibility index (Phi) is 2.04. The largest absolute Gasteiger partial charge is 0.397 e. The zero-order valence-corrected chi connectivity index (χ0v) is 8.81. The summed E-state index contributed by atoms with van der Waals surface area (Å²) >= 11 is 0. The van der Waals surface area contributed by atoms with Gasteiger partial charge in [0.15, 0.2) is 5.82 Å². The normalized spacial score (nSPS) is 10.9. The first-order chi connectivity index (χ1) is 8.24. The number of halogens is 1. The van der Waals surface area contributed by atoms with Crippen molar-refractivity contribution in [1.29, 1.82) is 0 Å². The second-order valence-corrected chi connectivity index (χ2v) is 3.69. The lowest BCUT2D eigenvalue weighted by Crippen LogP contribution is -1.93. The summed E-state index contributed by atoms with van der Waals surface area (Å²) in [6.45, 7) is 0. The molecule has 2 heterocycles. The molecule has 4 nitrogen and oxygen atoms in total.